The highest BCUT2D eigenvalue weighted by atomic mass is 32.2. The fourth-order valence-corrected chi connectivity index (χ4v) is 2.94. The normalized spacial score (nSPS) is 19.7. The molecule has 6 heteroatoms. The van der Waals surface area contributed by atoms with Gasteiger partial charge in [-0.1, -0.05) is 0 Å². The second-order valence-corrected chi connectivity index (χ2v) is 8.57. The summed E-state index contributed by atoms with van der Waals surface area (Å²) in [6.07, 6.45) is 0. The molecule has 0 atom stereocenters. The summed E-state index contributed by atoms with van der Waals surface area (Å²) in [7, 11) is -3.03. The molecule has 0 bridgehead atoms. The van der Waals surface area contributed by atoms with Crippen molar-refractivity contribution in [2.75, 3.05) is 45.0 Å². The smallest absolute Gasteiger partial charge is 0.156 e. The lowest BCUT2D eigenvalue weighted by Gasteiger charge is -2.33. The first-order chi connectivity index (χ1) is 8.26. The van der Waals surface area contributed by atoms with E-state index in [1.54, 1.807) is 20.8 Å². The van der Waals surface area contributed by atoms with Gasteiger partial charge in [0, 0.05) is 32.7 Å². The summed E-state index contributed by atoms with van der Waals surface area (Å²) in [5, 5.41) is 8.60. The van der Waals surface area contributed by atoms with Crippen LogP contribution < -0.4 is 0 Å². The molecule has 104 valence electrons. The van der Waals surface area contributed by atoms with E-state index in [4.69, 9.17) is 5.26 Å². The average Bonchev–Trinajstić information content (AvgIpc) is 2.27. The van der Waals surface area contributed by atoms with E-state index in [2.05, 4.69) is 15.9 Å². The summed E-state index contributed by atoms with van der Waals surface area (Å²) in [6.45, 7) is 9.69. The maximum absolute atomic E-state index is 12.0. The highest BCUT2D eigenvalue weighted by Gasteiger charge is 2.29. The summed E-state index contributed by atoms with van der Waals surface area (Å²) in [5.74, 6) is 0.217. The van der Waals surface area contributed by atoms with Crippen LogP contribution in [0, 0.1) is 11.3 Å². The monoisotopic (exact) mass is 273 g/mol. The number of nitrogens with zero attached hydrogens (tertiary/aromatic N) is 3. The van der Waals surface area contributed by atoms with Gasteiger partial charge in [-0.05, 0) is 20.8 Å². The third-order valence-electron chi connectivity index (χ3n) is 3.37. The van der Waals surface area contributed by atoms with E-state index in [1.807, 2.05) is 0 Å². The molecule has 0 N–H and O–H groups in total. The van der Waals surface area contributed by atoms with Crippen molar-refractivity contribution in [3.8, 4) is 6.07 Å². The van der Waals surface area contributed by atoms with Gasteiger partial charge in [-0.25, -0.2) is 8.42 Å². The zero-order chi connectivity index (χ0) is 13.8. The minimum Gasteiger partial charge on any atom is -0.300 e. The zero-order valence-corrected chi connectivity index (χ0v) is 12.3. The highest BCUT2D eigenvalue weighted by molar-refractivity contribution is 7.92. The average molecular weight is 273 g/mol. The van der Waals surface area contributed by atoms with Gasteiger partial charge in [0.25, 0.3) is 0 Å². The molecule has 5 nitrogen and oxygen atoms in total. The van der Waals surface area contributed by atoms with Gasteiger partial charge in [-0.3, -0.25) is 9.80 Å². The molecule has 0 aromatic carbocycles. The van der Waals surface area contributed by atoms with Crippen LogP contribution in [0.5, 0.6) is 0 Å². The van der Waals surface area contributed by atoms with Gasteiger partial charge in [0.15, 0.2) is 9.84 Å². The molecule has 0 unspecified atom stereocenters. The molecule has 0 radical (unpaired) electrons. The maximum atomic E-state index is 12.0. The van der Waals surface area contributed by atoms with Crippen LogP contribution in [0.4, 0.5) is 0 Å². The number of hydrogen-bond donors (Lipinski definition) is 0. The van der Waals surface area contributed by atoms with E-state index in [0.29, 0.717) is 13.1 Å². The quantitative estimate of drug-likeness (QED) is 0.691. The lowest BCUT2D eigenvalue weighted by atomic mass is 10.3. The van der Waals surface area contributed by atoms with E-state index in [1.165, 1.54) is 0 Å². The van der Waals surface area contributed by atoms with Crippen molar-refractivity contribution >= 4 is 9.84 Å². The predicted molar refractivity (Wildman–Crippen MR) is 72.0 cm³/mol. The molecular formula is C12H23N3O2S. The molecule has 1 heterocycles. The number of hydrogen-bond acceptors (Lipinski definition) is 5. The van der Waals surface area contributed by atoms with Gasteiger partial charge in [0.1, 0.15) is 0 Å². The van der Waals surface area contributed by atoms with Crippen LogP contribution in [-0.2, 0) is 9.84 Å². The molecule has 0 aliphatic carbocycles. The standard InChI is InChI=1S/C12H23N3O2S/c1-12(2,3)18(16,17)11-10-15-8-6-14(5-4-13)7-9-15/h5-11H2,1-3H3. The molecule has 0 spiro atoms. The van der Waals surface area contributed by atoms with Crippen LogP contribution >= 0.6 is 0 Å². The van der Waals surface area contributed by atoms with Crippen LogP contribution in [0.15, 0.2) is 0 Å². The largest absolute Gasteiger partial charge is 0.300 e. The molecule has 0 aromatic heterocycles. The molecule has 1 fully saturated rings. The Balaban J connectivity index is 2.37. The predicted octanol–water partition coefficient (Wildman–Crippen LogP) is 0.341. The summed E-state index contributed by atoms with van der Waals surface area (Å²) in [4.78, 5) is 4.26. The van der Waals surface area contributed by atoms with Gasteiger partial charge in [0.2, 0.25) is 0 Å². The van der Waals surface area contributed by atoms with Gasteiger partial charge in [-0.2, -0.15) is 5.26 Å². The van der Waals surface area contributed by atoms with Crippen molar-refractivity contribution in [1.29, 1.82) is 5.26 Å². The molecular weight excluding hydrogens is 250 g/mol. The Morgan fingerprint density at radius 1 is 1.11 bits per heavy atom. The van der Waals surface area contributed by atoms with Crippen LogP contribution in [0.2, 0.25) is 0 Å². The fourth-order valence-electron chi connectivity index (χ4n) is 1.83. The Bertz CT molecular complexity index is 398. The Labute approximate surface area is 110 Å². The Morgan fingerprint density at radius 2 is 1.61 bits per heavy atom. The molecule has 1 rings (SSSR count). The number of rotatable bonds is 4. The Morgan fingerprint density at radius 3 is 2.06 bits per heavy atom. The lowest BCUT2D eigenvalue weighted by Crippen LogP contribution is -2.48. The molecule has 0 saturated carbocycles. The lowest BCUT2D eigenvalue weighted by molar-refractivity contribution is 0.150. The van der Waals surface area contributed by atoms with E-state index < -0.39 is 14.6 Å². The van der Waals surface area contributed by atoms with Crippen molar-refractivity contribution in [3.05, 3.63) is 0 Å². The molecule has 1 aliphatic rings. The van der Waals surface area contributed by atoms with Crippen molar-refractivity contribution in [2.24, 2.45) is 0 Å². The molecule has 0 aromatic rings. The van der Waals surface area contributed by atoms with Crippen molar-refractivity contribution in [2.45, 2.75) is 25.5 Å². The number of nitriles is 1. The Kier molecular flexibility index (Phi) is 5.14. The minimum atomic E-state index is -3.03. The molecule has 1 aliphatic heterocycles. The molecule has 1 saturated heterocycles. The van der Waals surface area contributed by atoms with Crippen LogP contribution in [0.1, 0.15) is 20.8 Å². The topological polar surface area (TPSA) is 64.4 Å². The second kappa shape index (κ2) is 6.00. The van der Waals surface area contributed by atoms with Gasteiger partial charge < -0.3 is 0 Å². The SMILES string of the molecule is CC(C)(C)S(=O)(=O)CCN1CCN(CC#N)CC1. The van der Waals surface area contributed by atoms with E-state index in [0.717, 1.165) is 26.2 Å². The highest BCUT2D eigenvalue weighted by Crippen LogP contribution is 2.16. The summed E-state index contributed by atoms with van der Waals surface area (Å²) >= 11 is 0. The molecule has 18 heavy (non-hydrogen) atoms. The third kappa shape index (κ3) is 4.23. The maximum Gasteiger partial charge on any atom is 0.156 e. The van der Waals surface area contributed by atoms with Crippen molar-refractivity contribution in [3.63, 3.8) is 0 Å². The van der Waals surface area contributed by atoms with Crippen LogP contribution in [-0.4, -0.2) is 68.0 Å². The summed E-state index contributed by atoms with van der Waals surface area (Å²) in [5.41, 5.74) is 0. The first-order valence-corrected chi connectivity index (χ1v) is 7.95. The second-order valence-electron chi connectivity index (χ2n) is 5.71. The van der Waals surface area contributed by atoms with E-state index in [-0.39, 0.29) is 5.75 Å². The first-order valence-electron chi connectivity index (χ1n) is 6.30. The van der Waals surface area contributed by atoms with Gasteiger partial charge >= 0.3 is 0 Å². The van der Waals surface area contributed by atoms with Crippen molar-refractivity contribution in [1.82, 2.24) is 9.80 Å². The number of piperazine rings is 1. The van der Waals surface area contributed by atoms with E-state index in [9.17, 15) is 8.42 Å². The fraction of sp³-hybridized carbons (Fsp3) is 0.917. The van der Waals surface area contributed by atoms with Gasteiger partial charge in [-0.15, -0.1) is 0 Å². The third-order valence-corrected chi connectivity index (χ3v) is 5.95. The van der Waals surface area contributed by atoms with E-state index >= 15 is 0 Å². The summed E-state index contributed by atoms with van der Waals surface area (Å²) in [6, 6.07) is 2.14. The Hall–Kier alpha value is -0.640. The minimum absolute atomic E-state index is 0.217. The van der Waals surface area contributed by atoms with Crippen LogP contribution in [0.3, 0.4) is 0 Å². The zero-order valence-electron chi connectivity index (χ0n) is 11.5. The van der Waals surface area contributed by atoms with Crippen LogP contribution in [0.25, 0.3) is 0 Å². The van der Waals surface area contributed by atoms with Gasteiger partial charge in [0.05, 0.1) is 23.1 Å². The molecule has 0 amide bonds. The van der Waals surface area contributed by atoms with Crippen molar-refractivity contribution < 1.29 is 8.42 Å². The summed E-state index contributed by atoms with van der Waals surface area (Å²) < 4.78 is 23.3. The number of sulfone groups is 1. The first kappa shape index (κ1) is 15.4.